The lowest BCUT2D eigenvalue weighted by Crippen LogP contribution is -2.37. The number of fused-ring (bicyclic) bond motifs is 1. The van der Waals surface area contributed by atoms with Crippen molar-refractivity contribution < 1.29 is 41.7 Å². The van der Waals surface area contributed by atoms with E-state index in [0.29, 0.717) is 31.7 Å². The Morgan fingerprint density at radius 3 is 2.43 bits per heavy atom. The number of carbonyl (C=O) groups excluding carboxylic acids is 2. The molecule has 196 valence electrons. The standard InChI is InChI=1S/C28H27F3O6/c1-28(26(33)35-16-18-8-5-7-17-6-3-4-9-20(17)18)12-10-19(11-13-28)36-24-14-21(25(32)34-2)23(15-22(24)29)37-27(30)31/h3-9,14-15,19,27H,10-13,16H2,1-2H3. The number of rotatable bonds is 8. The second-order valence-corrected chi connectivity index (χ2v) is 9.24. The van der Waals surface area contributed by atoms with Crippen LogP contribution in [0.25, 0.3) is 10.8 Å². The van der Waals surface area contributed by atoms with Crippen molar-refractivity contribution in [3.8, 4) is 11.5 Å². The minimum Gasteiger partial charge on any atom is -0.487 e. The van der Waals surface area contributed by atoms with Gasteiger partial charge in [-0.05, 0) is 48.9 Å². The Labute approximate surface area is 212 Å². The summed E-state index contributed by atoms with van der Waals surface area (Å²) in [6, 6.07) is 15.4. The first-order valence-electron chi connectivity index (χ1n) is 11.9. The largest absolute Gasteiger partial charge is 0.487 e. The molecule has 37 heavy (non-hydrogen) atoms. The van der Waals surface area contributed by atoms with Crippen LogP contribution in [-0.4, -0.2) is 31.8 Å². The maximum absolute atomic E-state index is 14.6. The van der Waals surface area contributed by atoms with Gasteiger partial charge >= 0.3 is 18.6 Å². The van der Waals surface area contributed by atoms with Gasteiger partial charge in [-0.25, -0.2) is 9.18 Å². The van der Waals surface area contributed by atoms with Crippen LogP contribution in [0.15, 0.2) is 54.6 Å². The predicted molar refractivity (Wildman–Crippen MR) is 129 cm³/mol. The molecule has 1 fully saturated rings. The summed E-state index contributed by atoms with van der Waals surface area (Å²) in [4.78, 5) is 25.0. The van der Waals surface area contributed by atoms with E-state index in [2.05, 4.69) is 9.47 Å². The summed E-state index contributed by atoms with van der Waals surface area (Å²) in [7, 11) is 1.07. The molecule has 0 bridgehead atoms. The van der Waals surface area contributed by atoms with E-state index in [0.717, 1.165) is 29.5 Å². The molecule has 1 saturated carbocycles. The fourth-order valence-electron chi connectivity index (χ4n) is 4.55. The highest BCUT2D eigenvalue weighted by Gasteiger charge is 2.40. The van der Waals surface area contributed by atoms with Crippen molar-refractivity contribution in [1.29, 1.82) is 0 Å². The molecule has 0 heterocycles. The van der Waals surface area contributed by atoms with Crippen molar-refractivity contribution in [3.63, 3.8) is 0 Å². The van der Waals surface area contributed by atoms with E-state index >= 15 is 0 Å². The third-order valence-corrected chi connectivity index (χ3v) is 6.72. The second-order valence-electron chi connectivity index (χ2n) is 9.24. The van der Waals surface area contributed by atoms with Crippen LogP contribution in [0.3, 0.4) is 0 Å². The molecule has 3 aromatic rings. The number of alkyl halides is 2. The second kappa shape index (κ2) is 11.1. The van der Waals surface area contributed by atoms with E-state index < -0.39 is 35.7 Å². The van der Waals surface area contributed by atoms with Gasteiger partial charge in [-0.1, -0.05) is 42.5 Å². The first-order chi connectivity index (χ1) is 17.7. The van der Waals surface area contributed by atoms with Gasteiger partial charge < -0.3 is 18.9 Å². The molecule has 0 radical (unpaired) electrons. The number of esters is 2. The predicted octanol–water partition coefficient (Wildman–Crippen LogP) is 6.44. The highest BCUT2D eigenvalue weighted by atomic mass is 19.3. The molecule has 0 amide bonds. The monoisotopic (exact) mass is 516 g/mol. The molecule has 1 aliphatic rings. The lowest BCUT2D eigenvalue weighted by Gasteiger charge is -2.35. The molecule has 0 N–H and O–H groups in total. The first-order valence-corrected chi connectivity index (χ1v) is 11.9. The number of ether oxygens (including phenoxy) is 4. The summed E-state index contributed by atoms with van der Waals surface area (Å²) in [5.74, 6) is -3.16. The zero-order valence-electron chi connectivity index (χ0n) is 20.5. The van der Waals surface area contributed by atoms with Gasteiger partial charge in [0.05, 0.1) is 18.6 Å². The molecule has 4 rings (SSSR count). The number of hydrogen-bond donors (Lipinski definition) is 0. The van der Waals surface area contributed by atoms with Crippen LogP contribution in [0.1, 0.15) is 48.5 Å². The topological polar surface area (TPSA) is 71.1 Å². The highest BCUT2D eigenvalue weighted by Crippen LogP contribution is 2.40. The number of hydrogen-bond acceptors (Lipinski definition) is 6. The molecule has 0 atom stereocenters. The maximum atomic E-state index is 14.6. The smallest absolute Gasteiger partial charge is 0.387 e. The summed E-state index contributed by atoms with van der Waals surface area (Å²) in [6.07, 6.45) is 1.32. The van der Waals surface area contributed by atoms with Crippen LogP contribution >= 0.6 is 0 Å². The van der Waals surface area contributed by atoms with E-state index in [4.69, 9.17) is 9.47 Å². The van der Waals surface area contributed by atoms with Gasteiger partial charge in [0.1, 0.15) is 17.9 Å². The summed E-state index contributed by atoms with van der Waals surface area (Å²) in [5, 5.41) is 2.09. The van der Waals surface area contributed by atoms with Crippen LogP contribution in [0.4, 0.5) is 13.2 Å². The number of methoxy groups -OCH3 is 1. The number of benzene rings is 3. The van der Waals surface area contributed by atoms with Crippen molar-refractivity contribution in [1.82, 2.24) is 0 Å². The molecular weight excluding hydrogens is 489 g/mol. The fraction of sp³-hybridized carbons (Fsp3) is 0.357. The van der Waals surface area contributed by atoms with Gasteiger partial charge in [-0.2, -0.15) is 8.78 Å². The summed E-state index contributed by atoms with van der Waals surface area (Å²) in [5.41, 5.74) is -0.185. The highest BCUT2D eigenvalue weighted by molar-refractivity contribution is 5.93. The van der Waals surface area contributed by atoms with Gasteiger partial charge in [-0.3, -0.25) is 4.79 Å². The molecule has 6 nitrogen and oxygen atoms in total. The normalized spacial score (nSPS) is 19.5. The molecule has 0 aliphatic heterocycles. The van der Waals surface area contributed by atoms with Gasteiger partial charge in [0.25, 0.3) is 0 Å². The third-order valence-electron chi connectivity index (χ3n) is 6.72. The van der Waals surface area contributed by atoms with Gasteiger partial charge in [-0.15, -0.1) is 0 Å². The van der Waals surface area contributed by atoms with Gasteiger partial charge in [0, 0.05) is 12.1 Å². The Morgan fingerprint density at radius 2 is 1.73 bits per heavy atom. The van der Waals surface area contributed by atoms with Crippen molar-refractivity contribution in [3.05, 3.63) is 71.5 Å². The van der Waals surface area contributed by atoms with Crippen LogP contribution in [0, 0.1) is 11.2 Å². The molecule has 1 aliphatic carbocycles. The van der Waals surface area contributed by atoms with E-state index in [-0.39, 0.29) is 23.9 Å². The Morgan fingerprint density at radius 1 is 1.03 bits per heavy atom. The van der Waals surface area contributed by atoms with Crippen LogP contribution in [-0.2, 0) is 20.9 Å². The number of halogens is 3. The summed E-state index contributed by atoms with van der Waals surface area (Å²) in [6.45, 7) is -1.25. The zero-order valence-corrected chi connectivity index (χ0v) is 20.5. The Bertz CT molecular complexity index is 1280. The van der Waals surface area contributed by atoms with Crippen molar-refractivity contribution in [2.24, 2.45) is 5.41 Å². The van der Waals surface area contributed by atoms with Crippen LogP contribution in [0.2, 0.25) is 0 Å². The van der Waals surface area contributed by atoms with Crippen LogP contribution < -0.4 is 9.47 Å². The van der Waals surface area contributed by atoms with Crippen LogP contribution in [0.5, 0.6) is 11.5 Å². The lowest BCUT2D eigenvalue weighted by atomic mass is 9.74. The molecule has 0 spiro atoms. The van der Waals surface area contributed by atoms with Crippen molar-refractivity contribution >= 4 is 22.7 Å². The van der Waals surface area contributed by atoms with Gasteiger partial charge in [0.15, 0.2) is 11.6 Å². The average Bonchev–Trinajstić information content (AvgIpc) is 2.89. The molecule has 9 heteroatoms. The minimum absolute atomic E-state index is 0.157. The summed E-state index contributed by atoms with van der Waals surface area (Å²) < 4.78 is 60.2. The Hall–Kier alpha value is -3.75. The first kappa shape index (κ1) is 26.3. The fourth-order valence-corrected chi connectivity index (χ4v) is 4.55. The molecule has 0 saturated heterocycles. The van der Waals surface area contributed by atoms with E-state index in [1.54, 1.807) is 0 Å². The third kappa shape index (κ3) is 5.98. The molecule has 3 aromatic carbocycles. The van der Waals surface area contributed by atoms with E-state index in [1.165, 1.54) is 0 Å². The van der Waals surface area contributed by atoms with E-state index in [9.17, 15) is 22.8 Å². The Balaban J connectivity index is 1.39. The lowest BCUT2D eigenvalue weighted by molar-refractivity contribution is -0.159. The van der Waals surface area contributed by atoms with E-state index in [1.807, 2.05) is 49.4 Å². The van der Waals surface area contributed by atoms with Crippen molar-refractivity contribution in [2.45, 2.75) is 51.9 Å². The molecule has 0 aromatic heterocycles. The average molecular weight is 517 g/mol. The van der Waals surface area contributed by atoms with Crippen molar-refractivity contribution in [2.75, 3.05) is 7.11 Å². The molecule has 0 unspecified atom stereocenters. The zero-order chi connectivity index (χ0) is 26.6. The number of carbonyl (C=O) groups is 2. The van der Waals surface area contributed by atoms with Gasteiger partial charge in [0.2, 0.25) is 0 Å². The minimum atomic E-state index is -3.24. The summed E-state index contributed by atoms with van der Waals surface area (Å²) >= 11 is 0. The maximum Gasteiger partial charge on any atom is 0.387 e. The SMILES string of the molecule is COC(=O)c1cc(OC2CCC(C)(C(=O)OCc3cccc4ccccc34)CC2)c(F)cc1OC(F)F. The molecular formula is C28H27F3O6. The Kier molecular flexibility index (Phi) is 7.90. The quantitative estimate of drug-likeness (QED) is 0.321.